The number of H-pyrrole nitrogens is 1. The van der Waals surface area contributed by atoms with Crippen LogP contribution in [-0.4, -0.2) is 41.1 Å². The van der Waals surface area contributed by atoms with Gasteiger partial charge in [-0.15, -0.1) is 0 Å². The van der Waals surface area contributed by atoms with Gasteiger partial charge in [-0.2, -0.15) is 0 Å². The minimum atomic E-state index is -0.0803. The number of aromatic amines is 1. The molecule has 5 heteroatoms. The molecule has 1 aromatic heterocycles. The van der Waals surface area contributed by atoms with E-state index >= 15 is 0 Å². The van der Waals surface area contributed by atoms with Crippen molar-refractivity contribution in [1.82, 2.24) is 9.88 Å². The van der Waals surface area contributed by atoms with Crippen molar-refractivity contribution in [1.29, 1.82) is 0 Å². The number of carbonyl (C=O) groups excluding carboxylic acids is 1. The molecule has 0 aliphatic carbocycles. The molecule has 23 heavy (non-hydrogen) atoms. The molecule has 0 unspecified atom stereocenters. The first kappa shape index (κ1) is 16.3. The number of nitrogens with one attached hydrogen (secondary N) is 1. The maximum absolute atomic E-state index is 12.6. The van der Waals surface area contributed by atoms with E-state index < -0.39 is 0 Å². The van der Waals surface area contributed by atoms with Crippen molar-refractivity contribution in [2.75, 3.05) is 19.7 Å². The fourth-order valence-electron chi connectivity index (χ4n) is 3.30. The topological polar surface area (TPSA) is 45.3 Å². The zero-order valence-electron chi connectivity index (χ0n) is 13.7. The van der Waals surface area contributed by atoms with E-state index in [2.05, 4.69) is 11.9 Å². The molecule has 0 spiro atoms. The van der Waals surface area contributed by atoms with Crippen molar-refractivity contribution in [2.24, 2.45) is 0 Å². The van der Waals surface area contributed by atoms with Gasteiger partial charge >= 0.3 is 0 Å². The molecular formula is C18H23ClN2O2. The lowest BCUT2D eigenvalue weighted by Crippen LogP contribution is -2.47. The first-order chi connectivity index (χ1) is 11.0. The van der Waals surface area contributed by atoms with Crippen molar-refractivity contribution in [3.8, 4) is 0 Å². The summed E-state index contributed by atoms with van der Waals surface area (Å²) in [5, 5.41) is 1.77. The summed E-state index contributed by atoms with van der Waals surface area (Å²) in [6.07, 6.45) is 4.13. The molecule has 0 atom stereocenters. The third-order valence-corrected chi connectivity index (χ3v) is 4.97. The smallest absolute Gasteiger partial charge is 0.227 e. The maximum atomic E-state index is 12.6. The number of ether oxygens (including phenoxy) is 1. The fourth-order valence-corrected chi connectivity index (χ4v) is 3.47. The van der Waals surface area contributed by atoms with Crippen LogP contribution in [0.25, 0.3) is 10.9 Å². The normalized spacial score (nSPS) is 17.6. The van der Waals surface area contributed by atoms with Crippen molar-refractivity contribution >= 4 is 28.4 Å². The Morgan fingerprint density at radius 2 is 2.13 bits per heavy atom. The van der Waals surface area contributed by atoms with E-state index in [1.54, 1.807) is 0 Å². The quantitative estimate of drug-likeness (QED) is 0.924. The Labute approximate surface area is 141 Å². The number of benzene rings is 1. The van der Waals surface area contributed by atoms with Crippen molar-refractivity contribution in [3.63, 3.8) is 0 Å². The summed E-state index contributed by atoms with van der Waals surface area (Å²) in [5.74, 6) is 0.180. The van der Waals surface area contributed by atoms with Crippen LogP contribution in [0.1, 0.15) is 32.3 Å². The van der Waals surface area contributed by atoms with E-state index in [0.717, 1.165) is 49.0 Å². The molecule has 2 heterocycles. The van der Waals surface area contributed by atoms with Gasteiger partial charge in [0.25, 0.3) is 0 Å². The van der Waals surface area contributed by atoms with E-state index in [4.69, 9.17) is 16.3 Å². The van der Waals surface area contributed by atoms with Crippen LogP contribution < -0.4 is 0 Å². The Kier molecular flexibility index (Phi) is 4.64. The molecule has 124 valence electrons. The van der Waals surface area contributed by atoms with E-state index in [1.165, 1.54) is 0 Å². The van der Waals surface area contributed by atoms with Gasteiger partial charge in [-0.05, 0) is 44.4 Å². The highest BCUT2D eigenvalue weighted by atomic mass is 35.5. The first-order valence-electron chi connectivity index (χ1n) is 8.18. The molecule has 3 rings (SSSR count). The highest BCUT2D eigenvalue weighted by molar-refractivity contribution is 6.31. The predicted molar refractivity (Wildman–Crippen MR) is 92.9 cm³/mol. The number of amides is 1. The van der Waals surface area contributed by atoms with Gasteiger partial charge in [0.2, 0.25) is 5.91 Å². The first-order valence-corrected chi connectivity index (χ1v) is 8.56. The Balaban J connectivity index is 1.65. The van der Waals surface area contributed by atoms with Crippen LogP contribution >= 0.6 is 11.6 Å². The number of rotatable bonds is 4. The third kappa shape index (κ3) is 3.54. The second-order valence-electron chi connectivity index (χ2n) is 6.44. The van der Waals surface area contributed by atoms with Crippen LogP contribution in [-0.2, 0) is 16.0 Å². The summed E-state index contributed by atoms with van der Waals surface area (Å²) in [7, 11) is 0. The zero-order chi connectivity index (χ0) is 16.4. The van der Waals surface area contributed by atoms with Crippen molar-refractivity contribution in [3.05, 3.63) is 35.0 Å². The van der Waals surface area contributed by atoms with Crippen molar-refractivity contribution in [2.45, 2.75) is 38.7 Å². The number of hydrogen-bond acceptors (Lipinski definition) is 2. The van der Waals surface area contributed by atoms with Gasteiger partial charge in [-0.3, -0.25) is 4.79 Å². The number of piperidine rings is 1. The predicted octanol–water partition coefficient (Wildman–Crippen LogP) is 3.78. The lowest BCUT2D eigenvalue weighted by Gasteiger charge is -2.39. The number of hydrogen-bond donors (Lipinski definition) is 1. The average molecular weight is 335 g/mol. The molecule has 0 bridgehead atoms. The van der Waals surface area contributed by atoms with E-state index in [9.17, 15) is 4.79 Å². The summed E-state index contributed by atoms with van der Waals surface area (Å²) in [6, 6.07) is 5.72. The molecule has 1 aromatic carbocycles. The zero-order valence-corrected chi connectivity index (χ0v) is 14.4. The average Bonchev–Trinajstić information content (AvgIpc) is 2.90. The van der Waals surface area contributed by atoms with Gasteiger partial charge in [0.05, 0.1) is 12.0 Å². The van der Waals surface area contributed by atoms with Crippen LogP contribution in [0, 0.1) is 0 Å². The fraction of sp³-hybridized carbons (Fsp3) is 0.500. The lowest BCUT2D eigenvalue weighted by molar-refractivity contribution is -0.136. The molecule has 2 aromatic rings. The van der Waals surface area contributed by atoms with Crippen LogP contribution in [0.4, 0.5) is 0 Å². The Hall–Kier alpha value is -1.52. The van der Waals surface area contributed by atoms with Gasteiger partial charge in [0.1, 0.15) is 0 Å². The van der Waals surface area contributed by atoms with Gasteiger partial charge in [-0.25, -0.2) is 0 Å². The Bertz CT molecular complexity index is 702. The minimum Gasteiger partial charge on any atom is -0.375 e. The summed E-state index contributed by atoms with van der Waals surface area (Å²) in [5.41, 5.74) is 1.92. The molecule has 0 radical (unpaired) electrons. The van der Waals surface area contributed by atoms with Crippen LogP contribution in [0.5, 0.6) is 0 Å². The Morgan fingerprint density at radius 3 is 2.83 bits per heavy atom. The number of likely N-dealkylation sites (tertiary alicyclic amines) is 1. The molecule has 0 saturated carbocycles. The lowest BCUT2D eigenvalue weighted by atomic mass is 9.93. The summed E-state index contributed by atoms with van der Waals surface area (Å²) < 4.78 is 5.82. The van der Waals surface area contributed by atoms with Gasteiger partial charge < -0.3 is 14.6 Å². The van der Waals surface area contributed by atoms with Gasteiger partial charge in [-0.1, -0.05) is 17.7 Å². The van der Waals surface area contributed by atoms with Crippen LogP contribution in [0.3, 0.4) is 0 Å². The molecular weight excluding hydrogens is 312 g/mol. The summed E-state index contributed by atoms with van der Waals surface area (Å²) in [4.78, 5) is 17.7. The van der Waals surface area contributed by atoms with Gasteiger partial charge in [0, 0.05) is 41.8 Å². The van der Waals surface area contributed by atoms with Crippen LogP contribution in [0.15, 0.2) is 24.4 Å². The van der Waals surface area contributed by atoms with E-state index in [1.807, 2.05) is 36.2 Å². The summed E-state index contributed by atoms with van der Waals surface area (Å²) in [6.45, 7) is 6.42. The maximum Gasteiger partial charge on any atom is 0.227 e. The molecule has 1 aliphatic heterocycles. The number of aromatic nitrogens is 1. The molecule has 1 fully saturated rings. The second-order valence-corrected chi connectivity index (χ2v) is 6.88. The SMILES string of the molecule is CCOC1(C)CCN(C(=O)Cc2c[nH]c3cc(Cl)ccc23)CC1. The summed E-state index contributed by atoms with van der Waals surface area (Å²) >= 11 is 6.00. The molecule has 1 aliphatic rings. The molecule has 1 N–H and O–H groups in total. The molecule has 1 amide bonds. The molecule has 4 nitrogen and oxygen atoms in total. The number of fused-ring (bicyclic) bond motifs is 1. The molecule has 1 saturated heterocycles. The number of nitrogens with zero attached hydrogens (tertiary/aromatic N) is 1. The number of halogens is 1. The largest absolute Gasteiger partial charge is 0.375 e. The third-order valence-electron chi connectivity index (χ3n) is 4.74. The minimum absolute atomic E-state index is 0.0803. The van der Waals surface area contributed by atoms with Crippen molar-refractivity contribution < 1.29 is 9.53 Å². The number of carbonyl (C=O) groups is 1. The second kappa shape index (κ2) is 6.54. The monoisotopic (exact) mass is 334 g/mol. The van der Waals surface area contributed by atoms with E-state index in [0.29, 0.717) is 11.4 Å². The Morgan fingerprint density at radius 1 is 1.39 bits per heavy atom. The highest BCUT2D eigenvalue weighted by Gasteiger charge is 2.32. The van der Waals surface area contributed by atoms with Crippen LogP contribution in [0.2, 0.25) is 5.02 Å². The highest BCUT2D eigenvalue weighted by Crippen LogP contribution is 2.27. The van der Waals surface area contributed by atoms with E-state index in [-0.39, 0.29) is 11.5 Å². The standard InChI is InChI=1S/C18H23ClN2O2/c1-3-23-18(2)6-8-21(9-7-18)17(22)10-13-12-20-16-11-14(19)4-5-15(13)16/h4-5,11-12,20H,3,6-10H2,1-2H3. The van der Waals surface area contributed by atoms with Gasteiger partial charge in [0.15, 0.2) is 0 Å².